The molecule has 5 heteroatoms. The van der Waals surface area contributed by atoms with Crippen LogP contribution in [0.4, 0.5) is 0 Å². The van der Waals surface area contributed by atoms with E-state index in [1.165, 1.54) is 12.1 Å². The Balaban J connectivity index is 2.21. The maximum atomic E-state index is 11.9. The first-order valence-electron chi connectivity index (χ1n) is 6.98. The van der Waals surface area contributed by atoms with Crippen molar-refractivity contribution >= 4 is 5.97 Å². The molecule has 1 fully saturated rings. The van der Waals surface area contributed by atoms with Gasteiger partial charge in [0.2, 0.25) is 0 Å². The highest BCUT2D eigenvalue weighted by Gasteiger charge is 2.27. The fraction of sp³-hybridized carbons (Fsp3) is 0.533. The zero-order valence-corrected chi connectivity index (χ0v) is 11.6. The number of aromatic hydroxyl groups is 2. The van der Waals surface area contributed by atoms with Crippen molar-refractivity contribution in [1.82, 2.24) is 0 Å². The second kappa shape index (κ2) is 6.61. The van der Waals surface area contributed by atoms with Crippen molar-refractivity contribution in [1.29, 1.82) is 0 Å². The zero-order valence-electron chi connectivity index (χ0n) is 11.6. The summed E-state index contributed by atoms with van der Waals surface area (Å²) < 4.78 is 10.5. The van der Waals surface area contributed by atoms with Gasteiger partial charge in [-0.15, -0.1) is 0 Å². The van der Waals surface area contributed by atoms with E-state index in [4.69, 9.17) is 9.47 Å². The third-order valence-corrected chi connectivity index (χ3v) is 3.40. The van der Waals surface area contributed by atoms with Gasteiger partial charge in [-0.25, -0.2) is 4.79 Å². The molecule has 1 aliphatic rings. The number of phenolic OH excluding ortho intramolecular Hbond substituents is 2. The molecule has 0 saturated carbocycles. The van der Waals surface area contributed by atoms with Gasteiger partial charge in [-0.1, -0.05) is 13.3 Å². The van der Waals surface area contributed by atoms with Gasteiger partial charge in [0.15, 0.2) is 0 Å². The zero-order chi connectivity index (χ0) is 14.5. The maximum absolute atomic E-state index is 11.9. The molecule has 2 rings (SSSR count). The van der Waals surface area contributed by atoms with Gasteiger partial charge in [0.05, 0.1) is 18.3 Å². The molecule has 1 heterocycles. The minimum atomic E-state index is -0.574. The Hall–Kier alpha value is -1.75. The second-order valence-electron chi connectivity index (χ2n) is 4.89. The largest absolute Gasteiger partial charge is 0.507 e. The lowest BCUT2D eigenvalue weighted by Gasteiger charge is -2.16. The molecule has 1 aromatic carbocycles. The topological polar surface area (TPSA) is 76.0 Å². The van der Waals surface area contributed by atoms with E-state index in [0.29, 0.717) is 13.2 Å². The van der Waals surface area contributed by atoms with Crippen LogP contribution >= 0.6 is 0 Å². The Morgan fingerprint density at radius 2 is 2.25 bits per heavy atom. The highest BCUT2D eigenvalue weighted by atomic mass is 16.5. The SMILES string of the molecule is CCCCOC(=O)c1ccc(O)c(C2CCCO2)c1O. The van der Waals surface area contributed by atoms with Gasteiger partial charge in [-0.05, 0) is 31.4 Å². The van der Waals surface area contributed by atoms with E-state index >= 15 is 0 Å². The summed E-state index contributed by atoms with van der Waals surface area (Å²) in [6, 6.07) is 2.77. The fourth-order valence-corrected chi connectivity index (χ4v) is 2.27. The monoisotopic (exact) mass is 280 g/mol. The number of esters is 1. The Kier molecular flexibility index (Phi) is 4.84. The van der Waals surface area contributed by atoms with E-state index in [1.54, 1.807) is 0 Å². The lowest BCUT2D eigenvalue weighted by Crippen LogP contribution is -2.08. The van der Waals surface area contributed by atoms with E-state index in [0.717, 1.165) is 25.7 Å². The molecular weight excluding hydrogens is 260 g/mol. The summed E-state index contributed by atoms with van der Waals surface area (Å²) in [6.07, 6.45) is 2.93. The summed E-state index contributed by atoms with van der Waals surface area (Å²) in [4.78, 5) is 11.9. The Morgan fingerprint density at radius 3 is 2.90 bits per heavy atom. The molecule has 2 N–H and O–H groups in total. The number of benzene rings is 1. The molecule has 110 valence electrons. The number of hydrogen-bond donors (Lipinski definition) is 2. The van der Waals surface area contributed by atoms with E-state index in [9.17, 15) is 15.0 Å². The summed E-state index contributed by atoms with van der Waals surface area (Å²) in [6.45, 7) is 2.92. The van der Waals surface area contributed by atoms with Crippen molar-refractivity contribution in [2.75, 3.05) is 13.2 Å². The van der Waals surface area contributed by atoms with Crippen LogP contribution in [0.1, 0.15) is 54.6 Å². The molecule has 20 heavy (non-hydrogen) atoms. The van der Waals surface area contributed by atoms with Crippen molar-refractivity contribution in [3.63, 3.8) is 0 Å². The van der Waals surface area contributed by atoms with Gasteiger partial charge in [-0.3, -0.25) is 0 Å². The normalized spacial score (nSPS) is 18.1. The standard InChI is InChI=1S/C15H20O5/c1-2-3-8-20-15(18)10-6-7-11(16)13(14(10)17)12-5-4-9-19-12/h6-7,12,16-17H,2-5,8-9H2,1H3. The van der Waals surface area contributed by atoms with E-state index in [-0.39, 0.29) is 28.7 Å². The van der Waals surface area contributed by atoms with Crippen LogP contribution in [0.15, 0.2) is 12.1 Å². The van der Waals surface area contributed by atoms with Crippen LogP contribution in [0.2, 0.25) is 0 Å². The van der Waals surface area contributed by atoms with Crippen molar-refractivity contribution in [2.24, 2.45) is 0 Å². The Bertz CT molecular complexity index is 477. The van der Waals surface area contributed by atoms with E-state index < -0.39 is 5.97 Å². The molecule has 0 radical (unpaired) electrons. The van der Waals surface area contributed by atoms with Crippen molar-refractivity contribution in [3.8, 4) is 11.5 Å². The van der Waals surface area contributed by atoms with Crippen LogP contribution in [0, 0.1) is 0 Å². The van der Waals surface area contributed by atoms with Gasteiger partial charge in [0, 0.05) is 6.61 Å². The summed E-state index contributed by atoms with van der Waals surface area (Å²) in [5.41, 5.74) is 0.358. The fourth-order valence-electron chi connectivity index (χ4n) is 2.27. The molecule has 1 saturated heterocycles. The van der Waals surface area contributed by atoms with Gasteiger partial charge in [0.1, 0.15) is 17.1 Å². The smallest absolute Gasteiger partial charge is 0.341 e. The van der Waals surface area contributed by atoms with Gasteiger partial charge >= 0.3 is 5.97 Å². The molecule has 0 spiro atoms. The summed E-state index contributed by atoms with van der Waals surface area (Å²) in [5.74, 6) is -0.867. The van der Waals surface area contributed by atoms with Crippen LogP contribution < -0.4 is 0 Å². The Morgan fingerprint density at radius 1 is 1.45 bits per heavy atom. The van der Waals surface area contributed by atoms with Crippen LogP contribution in [0.25, 0.3) is 0 Å². The van der Waals surface area contributed by atoms with Crippen molar-refractivity contribution in [3.05, 3.63) is 23.3 Å². The summed E-state index contributed by atoms with van der Waals surface area (Å²) >= 11 is 0. The Labute approximate surface area is 118 Å². The lowest BCUT2D eigenvalue weighted by atomic mass is 10.0. The van der Waals surface area contributed by atoms with E-state index in [1.807, 2.05) is 6.92 Å². The lowest BCUT2D eigenvalue weighted by molar-refractivity contribution is 0.0495. The molecule has 1 aromatic rings. The quantitative estimate of drug-likeness (QED) is 0.640. The molecule has 5 nitrogen and oxygen atoms in total. The summed E-state index contributed by atoms with van der Waals surface area (Å²) in [5, 5.41) is 20.1. The summed E-state index contributed by atoms with van der Waals surface area (Å²) in [7, 11) is 0. The highest BCUT2D eigenvalue weighted by Crippen LogP contribution is 2.41. The van der Waals surface area contributed by atoms with Crippen LogP contribution in [0.3, 0.4) is 0 Å². The van der Waals surface area contributed by atoms with Crippen molar-refractivity contribution < 1.29 is 24.5 Å². The molecule has 1 atom stereocenters. The molecule has 1 unspecified atom stereocenters. The number of hydrogen-bond acceptors (Lipinski definition) is 5. The van der Waals surface area contributed by atoms with Crippen molar-refractivity contribution in [2.45, 2.75) is 38.7 Å². The molecule has 1 aliphatic heterocycles. The first-order valence-corrected chi connectivity index (χ1v) is 6.98. The first kappa shape index (κ1) is 14.7. The average Bonchev–Trinajstić information content (AvgIpc) is 2.93. The first-order chi connectivity index (χ1) is 9.65. The predicted molar refractivity (Wildman–Crippen MR) is 72.9 cm³/mol. The third kappa shape index (κ3) is 3.04. The molecule has 0 aliphatic carbocycles. The minimum Gasteiger partial charge on any atom is -0.507 e. The number of carbonyl (C=O) groups excluding carboxylic acids is 1. The molecule has 0 bridgehead atoms. The number of carbonyl (C=O) groups is 1. The van der Waals surface area contributed by atoms with Gasteiger partial charge < -0.3 is 19.7 Å². The molecule has 0 aromatic heterocycles. The van der Waals surface area contributed by atoms with Gasteiger partial charge in [-0.2, -0.15) is 0 Å². The number of rotatable bonds is 5. The molecular formula is C15H20O5. The molecule has 0 amide bonds. The van der Waals surface area contributed by atoms with Crippen LogP contribution in [-0.2, 0) is 9.47 Å². The van der Waals surface area contributed by atoms with Crippen LogP contribution in [0.5, 0.6) is 11.5 Å². The van der Waals surface area contributed by atoms with E-state index in [2.05, 4.69) is 0 Å². The third-order valence-electron chi connectivity index (χ3n) is 3.40. The predicted octanol–water partition coefficient (Wildman–Crippen LogP) is 2.91. The number of phenols is 2. The highest BCUT2D eigenvalue weighted by molar-refractivity contribution is 5.93. The maximum Gasteiger partial charge on any atom is 0.341 e. The van der Waals surface area contributed by atoms with Crippen LogP contribution in [-0.4, -0.2) is 29.4 Å². The average molecular weight is 280 g/mol. The number of ether oxygens (including phenoxy) is 2. The minimum absolute atomic E-state index is 0.0560. The second-order valence-corrected chi connectivity index (χ2v) is 4.89. The van der Waals surface area contributed by atoms with Gasteiger partial charge in [0.25, 0.3) is 0 Å². The number of unbranched alkanes of at least 4 members (excludes halogenated alkanes) is 1.